The maximum atomic E-state index is 13.4. The van der Waals surface area contributed by atoms with E-state index in [-0.39, 0.29) is 17.8 Å². The van der Waals surface area contributed by atoms with E-state index in [9.17, 15) is 9.50 Å². The first-order valence-electron chi connectivity index (χ1n) is 6.85. The molecule has 0 saturated heterocycles. The minimum absolute atomic E-state index is 0.00940. The molecule has 0 radical (unpaired) electrons. The molecule has 0 saturated carbocycles. The van der Waals surface area contributed by atoms with Crippen molar-refractivity contribution in [2.24, 2.45) is 5.73 Å². The third-order valence-electron chi connectivity index (χ3n) is 3.36. The van der Waals surface area contributed by atoms with Crippen LogP contribution in [0.15, 0.2) is 18.2 Å². The summed E-state index contributed by atoms with van der Waals surface area (Å²) in [6, 6.07) is 4.25. The van der Waals surface area contributed by atoms with Crippen molar-refractivity contribution in [1.82, 2.24) is 0 Å². The summed E-state index contributed by atoms with van der Waals surface area (Å²) in [6.45, 7) is 6.30. The van der Waals surface area contributed by atoms with Crippen molar-refractivity contribution < 1.29 is 14.2 Å². The van der Waals surface area contributed by atoms with Crippen LogP contribution in [-0.4, -0.2) is 23.9 Å². The predicted molar refractivity (Wildman–Crippen MR) is 74.9 cm³/mol. The number of benzene rings is 1. The highest BCUT2D eigenvalue weighted by Crippen LogP contribution is 2.31. The van der Waals surface area contributed by atoms with Gasteiger partial charge in [-0.25, -0.2) is 4.39 Å². The summed E-state index contributed by atoms with van der Waals surface area (Å²) in [6.07, 6.45) is 0.631. The number of rotatable bonds is 7. The van der Waals surface area contributed by atoms with Crippen LogP contribution in [0.4, 0.5) is 4.39 Å². The van der Waals surface area contributed by atoms with Crippen LogP contribution in [0, 0.1) is 5.82 Å². The number of hydrogen-bond acceptors (Lipinski definition) is 3. The molecule has 1 aromatic carbocycles. The third kappa shape index (κ3) is 4.48. The summed E-state index contributed by atoms with van der Waals surface area (Å²) in [4.78, 5) is 0. The molecule has 0 amide bonds. The Balaban J connectivity index is 2.85. The minimum atomic E-state index is -0.585. The van der Waals surface area contributed by atoms with Gasteiger partial charge in [-0.1, -0.05) is 13.8 Å². The fourth-order valence-electron chi connectivity index (χ4n) is 2.13. The van der Waals surface area contributed by atoms with E-state index >= 15 is 0 Å². The second-order valence-electron chi connectivity index (χ2n) is 4.89. The Morgan fingerprint density at radius 3 is 2.63 bits per heavy atom. The van der Waals surface area contributed by atoms with Crippen molar-refractivity contribution >= 4 is 0 Å². The molecule has 0 aliphatic heterocycles. The van der Waals surface area contributed by atoms with Crippen LogP contribution in [0.2, 0.25) is 0 Å². The van der Waals surface area contributed by atoms with Crippen LogP contribution >= 0.6 is 0 Å². The second-order valence-corrected chi connectivity index (χ2v) is 4.89. The van der Waals surface area contributed by atoms with E-state index in [0.717, 1.165) is 12.0 Å². The first-order valence-corrected chi connectivity index (χ1v) is 6.85. The molecule has 0 aliphatic carbocycles. The maximum Gasteiger partial charge on any atom is 0.123 e. The molecule has 3 nitrogen and oxygen atoms in total. The van der Waals surface area contributed by atoms with Gasteiger partial charge in [0.15, 0.2) is 0 Å². The number of halogens is 1. The predicted octanol–water partition coefficient (Wildman–Crippen LogP) is 2.82. The van der Waals surface area contributed by atoms with Gasteiger partial charge in [0.25, 0.3) is 0 Å². The molecule has 1 rings (SSSR count). The number of ether oxygens (including phenoxy) is 1. The lowest BCUT2D eigenvalue weighted by Crippen LogP contribution is -2.34. The summed E-state index contributed by atoms with van der Waals surface area (Å²) < 4.78 is 18.9. The van der Waals surface area contributed by atoms with Crippen LogP contribution in [0.25, 0.3) is 0 Å². The van der Waals surface area contributed by atoms with Crippen molar-refractivity contribution in [2.45, 2.75) is 51.7 Å². The van der Waals surface area contributed by atoms with E-state index in [4.69, 9.17) is 10.5 Å². The van der Waals surface area contributed by atoms with Crippen molar-refractivity contribution in [1.29, 1.82) is 0 Å². The SMILES string of the molecule is CCOc1ccc(F)cc1C(C)CC(O)C(N)CC. The van der Waals surface area contributed by atoms with Gasteiger partial charge in [0.1, 0.15) is 11.6 Å². The molecule has 19 heavy (non-hydrogen) atoms. The average molecular weight is 269 g/mol. The Morgan fingerprint density at radius 2 is 2.05 bits per heavy atom. The summed E-state index contributed by atoms with van der Waals surface area (Å²) in [5.74, 6) is 0.373. The third-order valence-corrected chi connectivity index (χ3v) is 3.36. The molecular formula is C15H24FNO2. The van der Waals surface area contributed by atoms with Crippen molar-refractivity contribution in [3.05, 3.63) is 29.6 Å². The lowest BCUT2D eigenvalue weighted by molar-refractivity contribution is 0.126. The zero-order valence-corrected chi connectivity index (χ0v) is 11.9. The maximum absolute atomic E-state index is 13.4. The van der Waals surface area contributed by atoms with Crippen LogP contribution in [-0.2, 0) is 0 Å². The lowest BCUT2D eigenvalue weighted by Gasteiger charge is -2.22. The van der Waals surface area contributed by atoms with Crippen LogP contribution < -0.4 is 10.5 Å². The molecular weight excluding hydrogens is 245 g/mol. The molecule has 0 aromatic heterocycles. The summed E-state index contributed by atoms with van der Waals surface area (Å²) in [5, 5.41) is 9.98. The van der Waals surface area contributed by atoms with E-state index in [1.165, 1.54) is 12.1 Å². The van der Waals surface area contributed by atoms with Crippen LogP contribution in [0.5, 0.6) is 5.75 Å². The highest BCUT2D eigenvalue weighted by molar-refractivity contribution is 5.36. The zero-order chi connectivity index (χ0) is 14.4. The van der Waals surface area contributed by atoms with Crippen LogP contribution in [0.1, 0.15) is 45.1 Å². The summed E-state index contributed by atoms with van der Waals surface area (Å²) in [5.41, 5.74) is 6.60. The highest BCUT2D eigenvalue weighted by atomic mass is 19.1. The van der Waals surface area contributed by atoms with Gasteiger partial charge in [-0.15, -0.1) is 0 Å². The Hall–Kier alpha value is -1.13. The van der Waals surface area contributed by atoms with Gasteiger partial charge in [-0.3, -0.25) is 0 Å². The average Bonchev–Trinajstić information content (AvgIpc) is 2.39. The van der Waals surface area contributed by atoms with Gasteiger partial charge >= 0.3 is 0 Å². The number of hydrogen-bond donors (Lipinski definition) is 2. The Morgan fingerprint density at radius 1 is 1.37 bits per heavy atom. The molecule has 0 heterocycles. The molecule has 1 aromatic rings. The largest absolute Gasteiger partial charge is 0.494 e. The molecule has 0 spiro atoms. The van der Waals surface area contributed by atoms with E-state index in [0.29, 0.717) is 18.8 Å². The van der Waals surface area contributed by atoms with Gasteiger partial charge < -0.3 is 15.6 Å². The topological polar surface area (TPSA) is 55.5 Å². The first-order chi connectivity index (χ1) is 8.99. The number of aliphatic hydroxyl groups is 1. The number of aliphatic hydroxyl groups excluding tert-OH is 1. The van der Waals surface area contributed by atoms with Gasteiger partial charge in [-0.05, 0) is 49.4 Å². The van der Waals surface area contributed by atoms with E-state index in [2.05, 4.69) is 0 Å². The van der Waals surface area contributed by atoms with Crippen molar-refractivity contribution in [3.63, 3.8) is 0 Å². The molecule has 3 atom stereocenters. The van der Waals surface area contributed by atoms with Crippen LogP contribution in [0.3, 0.4) is 0 Å². The molecule has 0 aliphatic rings. The number of nitrogens with two attached hydrogens (primary N) is 1. The Bertz CT molecular complexity index is 398. The Labute approximate surface area is 114 Å². The second kappa shape index (κ2) is 7.46. The smallest absolute Gasteiger partial charge is 0.123 e. The van der Waals surface area contributed by atoms with Gasteiger partial charge in [0.2, 0.25) is 0 Å². The van der Waals surface area contributed by atoms with E-state index < -0.39 is 6.10 Å². The summed E-state index contributed by atoms with van der Waals surface area (Å²) in [7, 11) is 0. The fraction of sp³-hybridized carbons (Fsp3) is 0.600. The molecule has 3 N–H and O–H groups in total. The molecule has 4 heteroatoms. The zero-order valence-electron chi connectivity index (χ0n) is 11.9. The first kappa shape index (κ1) is 15.9. The molecule has 0 fully saturated rings. The fourth-order valence-corrected chi connectivity index (χ4v) is 2.13. The van der Waals surface area contributed by atoms with E-state index in [1.807, 2.05) is 20.8 Å². The van der Waals surface area contributed by atoms with Gasteiger partial charge in [-0.2, -0.15) is 0 Å². The van der Waals surface area contributed by atoms with E-state index in [1.54, 1.807) is 6.07 Å². The molecule has 3 unspecified atom stereocenters. The Kier molecular flexibility index (Phi) is 6.25. The lowest BCUT2D eigenvalue weighted by atomic mass is 9.91. The monoisotopic (exact) mass is 269 g/mol. The van der Waals surface area contributed by atoms with Gasteiger partial charge in [0, 0.05) is 6.04 Å². The van der Waals surface area contributed by atoms with Crippen molar-refractivity contribution in [3.8, 4) is 5.75 Å². The summed E-state index contributed by atoms with van der Waals surface area (Å²) >= 11 is 0. The van der Waals surface area contributed by atoms with Crippen molar-refractivity contribution in [2.75, 3.05) is 6.61 Å². The highest BCUT2D eigenvalue weighted by Gasteiger charge is 2.20. The molecule has 0 bridgehead atoms. The quantitative estimate of drug-likeness (QED) is 0.800. The molecule has 108 valence electrons. The standard InChI is InChI=1S/C15H24FNO2/c1-4-13(17)14(18)8-10(3)12-9-11(16)6-7-15(12)19-5-2/h6-7,9-10,13-14,18H,4-5,8,17H2,1-3H3. The normalized spacial score (nSPS) is 15.9. The minimum Gasteiger partial charge on any atom is -0.494 e. The van der Waals surface area contributed by atoms with Gasteiger partial charge in [0.05, 0.1) is 12.7 Å².